The summed E-state index contributed by atoms with van der Waals surface area (Å²) >= 11 is 3.10. The van der Waals surface area contributed by atoms with Crippen LogP contribution in [0, 0.1) is 5.82 Å². The Morgan fingerprint density at radius 2 is 2.29 bits per heavy atom. The Kier molecular flexibility index (Phi) is 3.60. The van der Waals surface area contributed by atoms with Gasteiger partial charge in [-0.15, -0.1) is 0 Å². The van der Waals surface area contributed by atoms with Crippen molar-refractivity contribution in [3.8, 4) is 5.75 Å². The van der Waals surface area contributed by atoms with E-state index < -0.39 is 5.82 Å². The number of nitrogens with two attached hydrogens (primary N) is 1. The molecule has 0 heterocycles. The maximum absolute atomic E-state index is 13.0. The van der Waals surface area contributed by atoms with Crippen LogP contribution in [-0.2, 0) is 0 Å². The smallest absolute Gasteiger partial charge is 0.180 e. The van der Waals surface area contributed by atoms with Crippen molar-refractivity contribution in [1.82, 2.24) is 0 Å². The fourth-order valence-corrected chi connectivity index (χ4v) is 1.68. The van der Waals surface area contributed by atoms with Crippen LogP contribution in [0.2, 0.25) is 0 Å². The summed E-state index contributed by atoms with van der Waals surface area (Å²) < 4.78 is 18.3. The van der Waals surface area contributed by atoms with Crippen LogP contribution in [0.3, 0.4) is 0 Å². The van der Waals surface area contributed by atoms with Crippen molar-refractivity contribution in [3.63, 3.8) is 0 Å². The molecule has 0 saturated carbocycles. The lowest BCUT2D eigenvalue weighted by atomic mass is 10.1. The zero-order valence-electron chi connectivity index (χ0n) is 7.51. The second-order valence-corrected chi connectivity index (χ2v) is 3.45. The largest absolute Gasteiger partial charge is 0.495 e. The molecule has 0 aliphatic heterocycles. The lowest BCUT2D eigenvalue weighted by molar-refractivity contribution is 0.0998. The Morgan fingerprint density at radius 3 is 2.79 bits per heavy atom. The van der Waals surface area contributed by atoms with Gasteiger partial charge in [-0.2, -0.15) is 0 Å². The predicted octanol–water partition coefficient (Wildman–Crippen LogP) is 1.74. The fraction of sp³-hybridized carbons (Fsp3) is 0.222. The molecule has 76 valence electrons. The maximum atomic E-state index is 13.0. The van der Waals surface area contributed by atoms with E-state index in [1.807, 2.05) is 0 Å². The molecular formula is C9H9BrFNO2. The normalized spacial score (nSPS) is 10.0. The van der Waals surface area contributed by atoms with Crippen LogP contribution in [-0.4, -0.2) is 19.4 Å². The maximum Gasteiger partial charge on any atom is 0.180 e. The van der Waals surface area contributed by atoms with Gasteiger partial charge in [-0.05, 0) is 28.1 Å². The Bertz CT molecular complexity index is 368. The van der Waals surface area contributed by atoms with E-state index in [0.717, 1.165) is 6.07 Å². The average molecular weight is 262 g/mol. The summed E-state index contributed by atoms with van der Waals surface area (Å²) in [6.45, 7) is -0.174. The molecule has 0 aliphatic rings. The number of ether oxygens (including phenoxy) is 1. The number of carbonyl (C=O) groups excluding carboxylic acids is 1. The van der Waals surface area contributed by atoms with Gasteiger partial charge in [0.15, 0.2) is 5.78 Å². The fourth-order valence-electron chi connectivity index (χ4n) is 1.08. The number of methoxy groups -OCH3 is 1. The molecule has 0 fully saturated rings. The van der Waals surface area contributed by atoms with Gasteiger partial charge in [0.2, 0.25) is 0 Å². The highest BCUT2D eigenvalue weighted by Gasteiger charge is 2.15. The molecular weight excluding hydrogens is 253 g/mol. The average Bonchev–Trinajstić information content (AvgIpc) is 2.15. The summed E-state index contributed by atoms with van der Waals surface area (Å²) in [6, 6.07) is 2.34. The Balaban J connectivity index is 3.32. The molecule has 1 rings (SSSR count). The second kappa shape index (κ2) is 4.52. The third-order valence-electron chi connectivity index (χ3n) is 1.70. The number of rotatable bonds is 3. The van der Waals surface area contributed by atoms with Crippen LogP contribution < -0.4 is 10.5 Å². The SMILES string of the molecule is COc1c(Br)cc(F)cc1C(=O)CN. The van der Waals surface area contributed by atoms with Crippen molar-refractivity contribution < 1.29 is 13.9 Å². The molecule has 3 nitrogen and oxygen atoms in total. The van der Waals surface area contributed by atoms with E-state index in [2.05, 4.69) is 15.9 Å². The highest BCUT2D eigenvalue weighted by atomic mass is 79.9. The highest BCUT2D eigenvalue weighted by Crippen LogP contribution is 2.30. The van der Waals surface area contributed by atoms with Crippen molar-refractivity contribution in [2.24, 2.45) is 5.73 Å². The highest BCUT2D eigenvalue weighted by molar-refractivity contribution is 9.10. The van der Waals surface area contributed by atoms with Crippen LogP contribution in [0.15, 0.2) is 16.6 Å². The molecule has 0 aromatic heterocycles. The Hall–Kier alpha value is -0.940. The van der Waals surface area contributed by atoms with Crippen LogP contribution in [0.25, 0.3) is 0 Å². The standard InChI is InChI=1S/C9H9BrFNO2/c1-14-9-6(8(13)4-12)2-5(11)3-7(9)10/h2-3H,4,12H2,1H3. The van der Waals surface area contributed by atoms with Gasteiger partial charge >= 0.3 is 0 Å². The quantitative estimate of drug-likeness (QED) is 0.844. The number of Topliss-reactive ketones (excluding diaryl/α,β-unsaturated/α-hetero) is 1. The van der Waals surface area contributed by atoms with Gasteiger partial charge in [-0.3, -0.25) is 4.79 Å². The molecule has 0 radical (unpaired) electrons. The second-order valence-electron chi connectivity index (χ2n) is 2.60. The third kappa shape index (κ3) is 2.10. The first-order chi connectivity index (χ1) is 6.60. The van der Waals surface area contributed by atoms with Crippen molar-refractivity contribution in [2.75, 3.05) is 13.7 Å². The molecule has 1 aromatic rings. The molecule has 0 atom stereocenters. The Morgan fingerprint density at radius 1 is 1.64 bits per heavy atom. The van der Waals surface area contributed by atoms with Gasteiger partial charge in [0.05, 0.1) is 23.7 Å². The first-order valence-corrected chi connectivity index (χ1v) is 4.65. The van der Waals surface area contributed by atoms with Gasteiger partial charge < -0.3 is 10.5 Å². The van der Waals surface area contributed by atoms with Crippen molar-refractivity contribution in [3.05, 3.63) is 28.0 Å². The monoisotopic (exact) mass is 261 g/mol. The van der Waals surface area contributed by atoms with Crippen molar-refractivity contribution in [2.45, 2.75) is 0 Å². The van der Waals surface area contributed by atoms with Gasteiger partial charge in [0, 0.05) is 0 Å². The summed E-state index contributed by atoms with van der Waals surface area (Å²) in [5.41, 5.74) is 5.34. The zero-order valence-corrected chi connectivity index (χ0v) is 9.10. The number of hydrogen-bond donors (Lipinski definition) is 1. The zero-order chi connectivity index (χ0) is 10.7. The molecule has 0 saturated heterocycles. The van der Waals surface area contributed by atoms with E-state index in [-0.39, 0.29) is 17.9 Å². The van der Waals surface area contributed by atoms with Crippen molar-refractivity contribution >= 4 is 21.7 Å². The van der Waals surface area contributed by atoms with Gasteiger partial charge in [0.25, 0.3) is 0 Å². The minimum Gasteiger partial charge on any atom is -0.495 e. The first-order valence-electron chi connectivity index (χ1n) is 3.86. The molecule has 0 amide bonds. The third-order valence-corrected chi connectivity index (χ3v) is 2.29. The van der Waals surface area contributed by atoms with E-state index in [4.69, 9.17) is 10.5 Å². The minimum absolute atomic E-state index is 0.155. The van der Waals surface area contributed by atoms with E-state index in [0.29, 0.717) is 10.2 Å². The molecule has 14 heavy (non-hydrogen) atoms. The molecule has 0 unspecified atom stereocenters. The molecule has 5 heteroatoms. The summed E-state index contributed by atoms with van der Waals surface area (Å²) in [5.74, 6) is -0.557. The van der Waals surface area contributed by atoms with Crippen LogP contribution in [0.1, 0.15) is 10.4 Å². The van der Waals surface area contributed by atoms with E-state index in [1.54, 1.807) is 0 Å². The lowest BCUT2D eigenvalue weighted by Gasteiger charge is -2.08. The number of hydrogen-bond acceptors (Lipinski definition) is 3. The van der Waals surface area contributed by atoms with Crippen molar-refractivity contribution in [1.29, 1.82) is 0 Å². The topological polar surface area (TPSA) is 52.3 Å². The predicted molar refractivity (Wildman–Crippen MR) is 54.0 cm³/mol. The number of ketones is 1. The number of carbonyl (C=O) groups is 1. The molecule has 0 aliphatic carbocycles. The summed E-state index contributed by atoms with van der Waals surface area (Å²) in [5, 5.41) is 0. The van der Waals surface area contributed by atoms with Gasteiger partial charge in [-0.1, -0.05) is 0 Å². The van der Waals surface area contributed by atoms with Crippen LogP contribution >= 0.6 is 15.9 Å². The summed E-state index contributed by atoms with van der Waals surface area (Å²) in [4.78, 5) is 11.3. The molecule has 0 bridgehead atoms. The first kappa shape index (κ1) is 11.1. The van der Waals surface area contributed by atoms with E-state index in [1.165, 1.54) is 13.2 Å². The van der Waals surface area contributed by atoms with E-state index >= 15 is 0 Å². The van der Waals surface area contributed by atoms with Gasteiger partial charge in [-0.25, -0.2) is 4.39 Å². The minimum atomic E-state index is -0.505. The summed E-state index contributed by atoms with van der Waals surface area (Å²) in [7, 11) is 1.41. The lowest BCUT2D eigenvalue weighted by Crippen LogP contribution is -2.15. The Labute approximate surface area is 89.2 Å². The molecule has 1 aromatic carbocycles. The van der Waals surface area contributed by atoms with Crippen LogP contribution in [0.4, 0.5) is 4.39 Å². The number of halogens is 2. The molecule has 2 N–H and O–H groups in total. The molecule has 0 spiro atoms. The van der Waals surface area contributed by atoms with Crippen LogP contribution in [0.5, 0.6) is 5.75 Å². The van der Waals surface area contributed by atoms with E-state index in [9.17, 15) is 9.18 Å². The number of benzene rings is 1. The van der Waals surface area contributed by atoms with Gasteiger partial charge in [0.1, 0.15) is 11.6 Å². The summed E-state index contributed by atoms with van der Waals surface area (Å²) in [6.07, 6.45) is 0.